The van der Waals surface area contributed by atoms with Crippen LogP contribution < -0.4 is 0 Å². The van der Waals surface area contributed by atoms with E-state index in [1.807, 2.05) is 25.1 Å². The molecule has 1 atom stereocenters. The van der Waals surface area contributed by atoms with Gasteiger partial charge < -0.3 is 4.74 Å². The van der Waals surface area contributed by atoms with Crippen LogP contribution in [0.4, 0.5) is 8.78 Å². The maximum Gasteiger partial charge on any atom is 0.121 e. The fraction of sp³-hybridized carbons (Fsp3) is 0.375. The second kappa shape index (κ2) is 5.25. The first-order chi connectivity index (χ1) is 8.97. The topological polar surface area (TPSA) is 9.23 Å². The summed E-state index contributed by atoms with van der Waals surface area (Å²) in [6, 6.07) is 5.80. The summed E-state index contributed by atoms with van der Waals surface area (Å²) in [4.78, 5) is 0. The zero-order chi connectivity index (χ0) is 14.0. The van der Waals surface area contributed by atoms with Gasteiger partial charge in [-0.25, -0.2) is 8.78 Å². The lowest BCUT2D eigenvalue weighted by Gasteiger charge is -2.30. The lowest BCUT2D eigenvalue weighted by atomic mass is 9.75. The van der Waals surface area contributed by atoms with Gasteiger partial charge in [-0.2, -0.15) is 0 Å². The van der Waals surface area contributed by atoms with E-state index < -0.39 is 17.1 Å². The number of ether oxygens (including phenoxy) is 1. The number of halogens is 2. The molecule has 19 heavy (non-hydrogen) atoms. The molecule has 1 aromatic rings. The van der Waals surface area contributed by atoms with E-state index in [0.29, 0.717) is 13.0 Å². The van der Waals surface area contributed by atoms with Crippen molar-refractivity contribution in [1.82, 2.24) is 0 Å². The van der Waals surface area contributed by atoms with Crippen molar-refractivity contribution in [3.63, 3.8) is 0 Å². The van der Waals surface area contributed by atoms with Gasteiger partial charge in [0, 0.05) is 18.6 Å². The summed E-state index contributed by atoms with van der Waals surface area (Å²) < 4.78 is 32.4. The van der Waals surface area contributed by atoms with Crippen molar-refractivity contribution in [1.29, 1.82) is 0 Å². The van der Waals surface area contributed by atoms with Gasteiger partial charge in [0.25, 0.3) is 0 Å². The maximum absolute atomic E-state index is 14.1. The minimum atomic E-state index is -0.786. The molecule has 1 aromatic carbocycles. The standard InChI is InChI=1S/C16H18F2O/c1-11-4-5-13(8-12(11)10-19-3)16(2)7-6-14(17)9-15(16)18/h4-6,8-9H,7,10H2,1-3H3. The Morgan fingerprint density at radius 3 is 2.68 bits per heavy atom. The second-order valence-corrected chi connectivity index (χ2v) is 5.19. The van der Waals surface area contributed by atoms with Crippen molar-refractivity contribution in [3.8, 4) is 0 Å². The molecule has 1 aliphatic rings. The van der Waals surface area contributed by atoms with Crippen LogP contribution in [0.5, 0.6) is 0 Å². The smallest absolute Gasteiger partial charge is 0.121 e. The van der Waals surface area contributed by atoms with E-state index in [-0.39, 0.29) is 0 Å². The highest BCUT2D eigenvalue weighted by Gasteiger charge is 2.34. The first-order valence-corrected chi connectivity index (χ1v) is 6.29. The normalized spacial score (nSPS) is 23.0. The Labute approximate surface area is 112 Å². The van der Waals surface area contributed by atoms with E-state index >= 15 is 0 Å². The Morgan fingerprint density at radius 1 is 1.32 bits per heavy atom. The molecule has 3 heteroatoms. The predicted molar refractivity (Wildman–Crippen MR) is 72.2 cm³/mol. The zero-order valence-electron chi connectivity index (χ0n) is 11.5. The summed E-state index contributed by atoms with van der Waals surface area (Å²) in [5.41, 5.74) is 2.20. The zero-order valence-corrected chi connectivity index (χ0v) is 11.5. The van der Waals surface area contributed by atoms with Gasteiger partial charge in [-0.05, 0) is 43.0 Å². The molecule has 1 aliphatic carbocycles. The minimum absolute atomic E-state index is 0.330. The van der Waals surface area contributed by atoms with Crippen LogP contribution in [-0.4, -0.2) is 7.11 Å². The summed E-state index contributed by atoms with van der Waals surface area (Å²) in [7, 11) is 1.63. The van der Waals surface area contributed by atoms with E-state index in [9.17, 15) is 8.78 Å². The molecule has 0 saturated heterocycles. The van der Waals surface area contributed by atoms with E-state index in [1.54, 1.807) is 14.0 Å². The quantitative estimate of drug-likeness (QED) is 0.780. The summed E-state index contributed by atoms with van der Waals surface area (Å²) in [6.07, 6.45) is 2.73. The molecule has 1 unspecified atom stereocenters. The van der Waals surface area contributed by atoms with Crippen molar-refractivity contribution in [2.45, 2.75) is 32.3 Å². The van der Waals surface area contributed by atoms with Crippen molar-refractivity contribution in [2.75, 3.05) is 7.11 Å². The number of allylic oxidation sites excluding steroid dienone is 4. The molecule has 0 aliphatic heterocycles. The number of hydrogen-bond acceptors (Lipinski definition) is 1. The summed E-state index contributed by atoms with van der Waals surface area (Å²) in [6.45, 7) is 4.28. The molecule has 0 radical (unpaired) electrons. The van der Waals surface area contributed by atoms with Gasteiger partial charge >= 0.3 is 0 Å². The van der Waals surface area contributed by atoms with Gasteiger partial charge in [-0.3, -0.25) is 0 Å². The van der Waals surface area contributed by atoms with Crippen LogP contribution in [0.2, 0.25) is 0 Å². The van der Waals surface area contributed by atoms with Crippen molar-refractivity contribution < 1.29 is 13.5 Å². The molecule has 0 saturated carbocycles. The average Bonchev–Trinajstić information content (AvgIpc) is 2.37. The van der Waals surface area contributed by atoms with Crippen LogP contribution in [0.15, 0.2) is 42.0 Å². The Kier molecular flexibility index (Phi) is 3.85. The number of rotatable bonds is 3. The molecular formula is C16H18F2O. The fourth-order valence-corrected chi connectivity index (χ4v) is 2.32. The first kappa shape index (κ1) is 13.9. The molecule has 1 nitrogen and oxygen atoms in total. The molecule has 0 aromatic heterocycles. The average molecular weight is 264 g/mol. The summed E-state index contributed by atoms with van der Waals surface area (Å²) in [5, 5.41) is 0. The van der Waals surface area contributed by atoms with E-state index in [0.717, 1.165) is 22.8 Å². The van der Waals surface area contributed by atoms with E-state index in [4.69, 9.17) is 4.74 Å². The molecule has 0 spiro atoms. The Hall–Kier alpha value is -1.48. The monoisotopic (exact) mass is 264 g/mol. The SMILES string of the molecule is COCc1cc(C2(C)CC=C(F)C=C2F)ccc1C. The Bertz CT molecular complexity index is 546. The van der Waals surface area contributed by atoms with E-state index in [1.165, 1.54) is 6.08 Å². The third kappa shape index (κ3) is 2.61. The van der Waals surface area contributed by atoms with Gasteiger partial charge in [-0.1, -0.05) is 18.2 Å². The largest absolute Gasteiger partial charge is 0.380 e. The van der Waals surface area contributed by atoms with E-state index in [2.05, 4.69) is 0 Å². The molecule has 0 fully saturated rings. The minimum Gasteiger partial charge on any atom is -0.380 e. The van der Waals surface area contributed by atoms with Crippen molar-refractivity contribution >= 4 is 0 Å². The lowest BCUT2D eigenvalue weighted by Crippen LogP contribution is -2.24. The van der Waals surface area contributed by atoms with Gasteiger partial charge in [0.1, 0.15) is 11.7 Å². The summed E-state index contributed by atoms with van der Waals surface area (Å²) >= 11 is 0. The molecule has 0 heterocycles. The molecular weight excluding hydrogens is 246 g/mol. The number of hydrogen-bond donors (Lipinski definition) is 0. The van der Waals surface area contributed by atoms with Gasteiger partial charge in [0.2, 0.25) is 0 Å². The van der Waals surface area contributed by atoms with Gasteiger partial charge in [0.15, 0.2) is 0 Å². The highest BCUT2D eigenvalue weighted by molar-refractivity contribution is 5.42. The predicted octanol–water partition coefficient (Wildman–Crippen LogP) is 4.51. The lowest BCUT2D eigenvalue weighted by molar-refractivity contribution is 0.184. The Morgan fingerprint density at radius 2 is 2.05 bits per heavy atom. The molecule has 0 bridgehead atoms. The number of aryl methyl sites for hydroxylation is 1. The van der Waals surface area contributed by atoms with Crippen molar-refractivity contribution in [3.05, 3.63) is 58.7 Å². The number of benzene rings is 1. The summed E-state index contributed by atoms with van der Waals surface area (Å²) in [5.74, 6) is -0.932. The maximum atomic E-state index is 14.1. The van der Waals surface area contributed by atoms with Crippen molar-refractivity contribution in [2.24, 2.45) is 0 Å². The third-order valence-corrected chi connectivity index (χ3v) is 3.78. The van der Waals surface area contributed by atoms with Crippen LogP contribution in [0.25, 0.3) is 0 Å². The molecule has 0 N–H and O–H groups in total. The Balaban J connectivity index is 2.42. The van der Waals surface area contributed by atoms with Crippen LogP contribution in [0, 0.1) is 6.92 Å². The van der Waals surface area contributed by atoms with Crippen LogP contribution in [-0.2, 0) is 16.8 Å². The number of methoxy groups -OCH3 is 1. The second-order valence-electron chi connectivity index (χ2n) is 5.19. The first-order valence-electron chi connectivity index (χ1n) is 6.29. The molecule has 2 rings (SSSR count). The van der Waals surface area contributed by atoms with Gasteiger partial charge in [-0.15, -0.1) is 0 Å². The fourth-order valence-electron chi connectivity index (χ4n) is 2.32. The highest BCUT2D eigenvalue weighted by Crippen LogP contribution is 2.41. The third-order valence-electron chi connectivity index (χ3n) is 3.78. The molecule has 0 amide bonds. The van der Waals surface area contributed by atoms with Crippen LogP contribution in [0.3, 0.4) is 0 Å². The van der Waals surface area contributed by atoms with Crippen LogP contribution >= 0.6 is 0 Å². The highest BCUT2D eigenvalue weighted by atomic mass is 19.1. The van der Waals surface area contributed by atoms with Gasteiger partial charge in [0.05, 0.1) is 6.61 Å². The van der Waals surface area contributed by atoms with Crippen LogP contribution in [0.1, 0.15) is 30.0 Å². The molecule has 102 valence electrons.